The van der Waals surface area contributed by atoms with Crippen LogP contribution in [0.1, 0.15) is 47.4 Å². The SMILES string of the molecule is COc1ccc(F)c(F)c1CNc1nc(C2CC2)ncc1C(=O)NC(C)/C=C/SC. The molecular formula is C21H24F2N4O2S. The maximum absolute atomic E-state index is 14.3. The number of halogens is 2. The van der Waals surface area contributed by atoms with E-state index < -0.39 is 11.6 Å². The van der Waals surface area contributed by atoms with Gasteiger partial charge in [0, 0.05) is 24.7 Å². The number of amides is 1. The predicted octanol–water partition coefficient (Wildman–Crippen LogP) is 4.25. The van der Waals surface area contributed by atoms with Gasteiger partial charge < -0.3 is 15.4 Å². The van der Waals surface area contributed by atoms with E-state index in [0.717, 1.165) is 18.9 Å². The number of carbonyl (C=O) groups is 1. The molecule has 0 spiro atoms. The molecule has 2 aromatic rings. The summed E-state index contributed by atoms with van der Waals surface area (Å²) < 4.78 is 33.1. The lowest BCUT2D eigenvalue weighted by molar-refractivity contribution is 0.0947. The van der Waals surface area contributed by atoms with Crippen molar-refractivity contribution in [3.63, 3.8) is 0 Å². The standard InChI is InChI=1S/C21H24F2N4O2S/c1-12(8-9-30-3)26-21(28)15-11-24-19(13-4-5-13)27-20(15)25-10-14-17(29-2)7-6-16(22)18(14)23/h6-9,11-13H,4-5,10H2,1-3H3,(H,26,28)(H,24,25,27)/b9-8+. The smallest absolute Gasteiger partial charge is 0.257 e. The van der Waals surface area contributed by atoms with Crippen LogP contribution in [-0.4, -0.2) is 35.3 Å². The van der Waals surface area contributed by atoms with E-state index in [2.05, 4.69) is 20.6 Å². The fourth-order valence-corrected chi connectivity index (χ4v) is 3.26. The molecule has 0 saturated heterocycles. The van der Waals surface area contributed by atoms with Crippen LogP contribution in [0.5, 0.6) is 5.75 Å². The highest BCUT2D eigenvalue weighted by atomic mass is 32.2. The first-order valence-corrected chi connectivity index (χ1v) is 10.8. The van der Waals surface area contributed by atoms with Crippen molar-refractivity contribution in [2.45, 2.75) is 38.3 Å². The molecule has 1 amide bonds. The molecule has 1 aliphatic rings. The molecule has 3 rings (SSSR count). The summed E-state index contributed by atoms with van der Waals surface area (Å²) >= 11 is 1.53. The minimum Gasteiger partial charge on any atom is -0.496 e. The number of hydrogen-bond donors (Lipinski definition) is 2. The second kappa shape index (κ2) is 9.88. The van der Waals surface area contributed by atoms with Gasteiger partial charge in [0.2, 0.25) is 0 Å². The third-order valence-corrected chi connectivity index (χ3v) is 5.09. The van der Waals surface area contributed by atoms with Crippen molar-refractivity contribution in [2.75, 3.05) is 18.7 Å². The van der Waals surface area contributed by atoms with Crippen LogP contribution in [0.2, 0.25) is 0 Å². The van der Waals surface area contributed by atoms with Crippen molar-refractivity contribution in [1.29, 1.82) is 0 Å². The van der Waals surface area contributed by atoms with Crippen molar-refractivity contribution >= 4 is 23.5 Å². The number of rotatable bonds is 9. The molecule has 1 heterocycles. The Labute approximate surface area is 178 Å². The zero-order chi connectivity index (χ0) is 21.7. The van der Waals surface area contributed by atoms with Crippen LogP contribution < -0.4 is 15.4 Å². The number of anilines is 1. The number of thioether (sulfide) groups is 1. The highest BCUT2D eigenvalue weighted by molar-refractivity contribution is 8.01. The Kier molecular flexibility index (Phi) is 7.25. The van der Waals surface area contributed by atoms with Gasteiger partial charge in [-0.3, -0.25) is 4.79 Å². The second-order valence-corrected chi connectivity index (χ2v) is 7.73. The van der Waals surface area contributed by atoms with E-state index >= 15 is 0 Å². The number of carbonyl (C=O) groups excluding carboxylic acids is 1. The van der Waals surface area contributed by atoms with Crippen molar-refractivity contribution in [3.8, 4) is 5.75 Å². The Morgan fingerprint density at radius 3 is 2.83 bits per heavy atom. The maximum atomic E-state index is 14.3. The fourth-order valence-electron chi connectivity index (χ4n) is 2.87. The topological polar surface area (TPSA) is 76.1 Å². The first-order chi connectivity index (χ1) is 14.4. The van der Waals surface area contributed by atoms with Gasteiger partial charge in [-0.25, -0.2) is 18.7 Å². The van der Waals surface area contributed by atoms with Gasteiger partial charge in [0.05, 0.1) is 12.7 Å². The Hall–Kier alpha value is -2.68. The van der Waals surface area contributed by atoms with E-state index in [1.807, 2.05) is 24.7 Å². The Morgan fingerprint density at radius 2 is 2.17 bits per heavy atom. The van der Waals surface area contributed by atoms with Crippen LogP contribution in [0.3, 0.4) is 0 Å². The third kappa shape index (κ3) is 5.27. The van der Waals surface area contributed by atoms with Gasteiger partial charge in [-0.05, 0) is 43.6 Å². The number of nitrogens with one attached hydrogen (secondary N) is 2. The number of hydrogen-bond acceptors (Lipinski definition) is 6. The summed E-state index contributed by atoms with van der Waals surface area (Å²) in [6, 6.07) is 2.18. The fraction of sp³-hybridized carbons (Fsp3) is 0.381. The minimum atomic E-state index is -1.000. The maximum Gasteiger partial charge on any atom is 0.257 e. The van der Waals surface area contributed by atoms with E-state index in [4.69, 9.17) is 4.74 Å². The molecule has 1 aromatic heterocycles. The van der Waals surface area contributed by atoms with Crippen LogP contribution in [0.15, 0.2) is 29.8 Å². The number of nitrogens with zero attached hydrogens (tertiary/aromatic N) is 2. The zero-order valence-electron chi connectivity index (χ0n) is 17.0. The monoisotopic (exact) mass is 434 g/mol. The van der Waals surface area contributed by atoms with Crippen LogP contribution >= 0.6 is 11.8 Å². The van der Waals surface area contributed by atoms with E-state index in [1.165, 1.54) is 31.1 Å². The molecule has 1 aromatic carbocycles. The summed E-state index contributed by atoms with van der Waals surface area (Å²) in [5.74, 6) is -0.940. The van der Waals surface area contributed by atoms with Gasteiger partial charge in [-0.1, -0.05) is 6.08 Å². The number of aromatic nitrogens is 2. The van der Waals surface area contributed by atoms with Crippen molar-refractivity contribution in [3.05, 3.63) is 58.4 Å². The van der Waals surface area contributed by atoms with Crippen molar-refractivity contribution in [1.82, 2.24) is 15.3 Å². The molecule has 1 atom stereocenters. The summed E-state index contributed by atoms with van der Waals surface area (Å²) in [5.41, 5.74) is 0.256. The van der Waals surface area contributed by atoms with Crippen molar-refractivity contribution < 1.29 is 18.3 Å². The largest absolute Gasteiger partial charge is 0.496 e. The molecule has 0 bridgehead atoms. The van der Waals surface area contributed by atoms with Gasteiger partial charge in [0.1, 0.15) is 23.0 Å². The molecule has 160 valence electrons. The normalized spacial score (nSPS) is 14.6. The van der Waals surface area contributed by atoms with Gasteiger partial charge >= 0.3 is 0 Å². The van der Waals surface area contributed by atoms with Gasteiger partial charge in [0.15, 0.2) is 11.6 Å². The average Bonchev–Trinajstić information content (AvgIpc) is 3.58. The molecule has 2 N–H and O–H groups in total. The molecule has 1 fully saturated rings. The van der Waals surface area contributed by atoms with Crippen LogP contribution in [-0.2, 0) is 6.54 Å². The Bertz CT molecular complexity index is 951. The summed E-state index contributed by atoms with van der Waals surface area (Å²) in [4.78, 5) is 21.6. The summed E-state index contributed by atoms with van der Waals surface area (Å²) in [6.07, 6.45) is 7.25. The first-order valence-electron chi connectivity index (χ1n) is 9.56. The van der Waals surface area contributed by atoms with E-state index in [1.54, 1.807) is 0 Å². The molecule has 1 saturated carbocycles. The van der Waals surface area contributed by atoms with Gasteiger partial charge in [0.25, 0.3) is 5.91 Å². The van der Waals surface area contributed by atoms with E-state index in [-0.39, 0.29) is 47.1 Å². The molecule has 6 nitrogen and oxygen atoms in total. The molecule has 0 aliphatic heterocycles. The molecular weight excluding hydrogens is 410 g/mol. The van der Waals surface area contributed by atoms with Gasteiger partial charge in [-0.2, -0.15) is 0 Å². The Balaban J connectivity index is 1.86. The van der Waals surface area contributed by atoms with Gasteiger partial charge in [-0.15, -0.1) is 11.8 Å². The first kappa shape index (κ1) is 22.0. The van der Waals surface area contributed by atoms with Crippen LogP contribution in [0.4, 0.5) is 14.6 Å². The predicted molar refractivity (Wildman–Crippen MR) is 114 cm³/mol. The lowest BCUT2D eigenvalue weighted by atomic mass is 10.1. The summed E-state index contributed by atoms with van der Waals surface area (Å²) in [7, 11) is 1.38. The highest BCUT2D eigenvalue weighted by Gasteiger charge is 2.28. The lowest BCUT2D eigenvalue weighted by Gasteiger charge is -2.16. The van der Waals surface area contributed by atoms with Crippen molar-refractivity contribution in [2.24, 2.45) is 0 Å². The van der Waals surface area contributed by atoms with Crippen LogP contribution in [0.25, 0.3) is 0 Å². The number of methoxy groups -OCH3 is 1. The summed E-state index contributed by atoms with van der Waals surface area (Å²) in [5, 5.41) is 7.72. The van der Waals surface area contributed by atoms with E-state index in [9.17, 15) is 13.6 Å². The van der Waals surface area contributed by atoms with Crippen LogP contribution in [0, 0.1) is 11.6 Å². The highest BCUT2D eigenvalue weighted by Crippen LogP contribution is 2.38. The lowest BCUT2D eigenvalue weighted by Crippen LogP contribution is -2.32. The number of ether oxygens (including phenoxy) is 1. The Morgan fingerprint density at radius 1 is 1.40 bits per heavy atom. The third-order valence-electron chi connectivity index (χ3n) is 4.66. The molecule has 30 heavy (non-hydrogen) atoms. The molecule has 1 unspecified atom stereocenters. The minimum absolute atomic E-state index is 0.0201. The molecule has 9 heteroatoms. The number of benzene rings is 1. The average molecular weight is 435 g/mol. The van der Waals surface area contributed by atoms with E-state index in [0.29, 0.717) is 5.82 Å². The quantitative estimate of drug-likeness (QED) is 0.615. The molecule has 1 aliphatic carbocycles. The molecule has 0 radical (unpaired) electrons. The summed E-state index contributed by atoms with van der Waals surface area (Å²) in [6.45, 7) is 1.75. The second-order valence-electron chi connectivity index (χ2n) is 6.99. The zero-order valence-corrected chi connectivity index (χ0v) is 17.9.